The zero-order valence-corrected chi connectivity index (χ0v) is 23.9. The van der Waals surface area contributed by atoms with Crippen molar-refractivity contribution in [3.63, 3.8) is 0 Å². The van der Waals surface area contributed by atoms with Gasteiger partial charge in [0, 0.05) is 5.56 Å². The molecule has 42 heavy (non-hydrogen) atoms. The van der Waals surface area contributed by atoms with E-state index in [4.69, 9.17) is 14.2 Å². The zero-order valence-electron chi connectivity index (χ0n) is 23.9. The van der Waals surface area contributed by atoms with Crippen LogP contribution in [0.5, 0.6) is 17.2 Å². The van der Waals surface area contributed by atoms with E-state index in [1.54, 1.807) is 6.92 Å². The van der Waals surface area contributed by atoms with Gasteiger partial charge in [0.25, 0.3) is 0 Å². The Morgan fingerprint density at radius 2 is 1.05 bits per heavy atom. The fourth-order valence-corrected chi connectivity index (χ4v) is 5.48. The summed E-state index contributed by atoms with van der Waals surface area (Å²) >= 11 is 0. The smallest absolute Gasteiger partial charge is 0.204 e. The second-order valence-electron chi connectivity index (χ2n) is 10.6. The molecule has 0 radical (unpaired) electrons. The SMILES string of the molecule is CCCCCCOc1ccc(OCc2ccc(C3CCC(c4ccc(OCC)c(F)c4F)CC3)c(F)c2F)c(F)c1F. The summed E-state index contributed by atoms with van der Waals surface area (Å²) in [6.07, 6.45) is 5.59. The van der Waals surface area contributed by atoms with Crippen molar-refractivity contribution < 1.29 is 40.6 Å². The maximum absolute atomic E-state index is 15.1. The lowest BCUT2D eigenvalue weighted by atomic mass is 9.75. The second-order valence-corrected chi connectivity index (χ2v) is 10.6. The molecule has 1 fully saturated rings. The van der Waals surface area contributed by atoms with E-state index in [9.17, 15) is 22.0 Å². The molecule has 0 N–H and O–H groups in total. The van der Waals surface area contributed by atoms with Crippen molar-refractivity contribution in [1.82, 2.24) is 0 Å². The maximum Gasteiger partial charge on any atom is 0.204 e. The molecule has 1 saturated carbocycles. The molecule has 1 aliphatic carbocycles. The molecule has 0 aromatic heterocycles. The minimum atomic E-state index is -1.26. The van der Waals surface area contributed by atoms with E-state index in [-0.39, 0.29) is 53.2 Å². The van der Waals surface area contributed by atoms with E-state index in [2.05, 4.69) is 6.92 Å². The Morgan fingerprint density at radius 3 is 1.64 bits per heavy atom. The van der Waals surface area contributed by atoms with Gasteiger partial charge in [-0.25, -0.2) is 13.2 Å². The third-order valence-corrected chi connectivity index (χ3v) is 7.83. The topological polar surface area (TPSA) is 27.7 Å². The first kappa shape index (κ1) is 31.6. The Morgan fingerprint density at radius 1 is 0.548 bits per heavy atom. The molecule has 0 spiro atoms. The number of unbranched alkanes of at least 4 members (excludes halogenated alkanes) is 3. The van der Waals surface area contributed by atoms with Crippen molar-refractivity contribution in [3.05, 3.63) is 88.0 Å². The molecule has 0 bridgehead atoms. The van der Waals surface area contributed by atoms with Gasteiger partial charge in [0.05, 0.1) is 13.2 Å². The highest BCUT2D eigenvalue weighted by Gasteiger charge is 2.30. The summed E-state index contributed by atoms with van der Waals surface area (Å²) in [5.74, 6) is -7.94. The summed E-state index contributed by atoms with van der Waals surface area (Å²) in [6.45, 7) is 3.71. The largest absolute Gasteiger partial charge is 0.491 e. The van der Waals surface area contributed by atoms with Gasteiger partial charge in [0.15, 0.2) is 34.7 Å². The van der Waals surface area contributed by atoms with Crippen LogP contribution in [0.1, 0.15) is 93.7 Å². The maximum atomic E-state index is 15.1. The van der Waals surface area contributed by atoms with Gasteiger partial charge in [0.2, 0.25) is 17.5 Å². The summed E-state index contributed by atoms with van der Waals surface area (Å²) in [4.78, 5) is 0. The van der Waals surface area contributed by atoms with Crippen molar-refractivity contribution in [1.29, 1.82) is 0 Å². The van der Waals surface area contributed by atoms with E-state index in [0.717, 1.165) is 25.7 Å². The third kappa shape index (κ3) is 7.16. The molecule has 3 nitrogen and oxygen atoms in total. The number of ether oxygens (including phenoxy) is 3. The molecule has 0 saturated heterocycles. The minimum absolute atomic E-state index is 0.138. The fraction of sp³-hybridized carbons (Fsp3) is 0.455. The van der Waals surface area contributed by atoms with Gasteiger partial charge in [-0.2, -0.15) is 13.2 Å². The van der Waals surface area contributed by atoms with Crippen molar-refractivity contribution >= 4 is 0 Å². The Bertz CT molecular complexity index is 1350. The standard InChI is InChI=1S/C33H36F6O3/c1-3-5-6-7-18-41-26-16-17-27(33(39)32(26)38)42-19-22-12-13-23(29(35)28(22)34)20-8-10-21(11-9-20)24-14-15-25(40-4-2)31(37)30(24)36/h12-17,20-21H,3-11,18-19H2,1-2H3. The minimum Gasteiger partial charge on any atom is -0.491 e. The summed E-state index contributed by atoms with van der Waals surface area (Å²) in [6, 6.07) is 8.21. The van der Waals surface area contributed by atoms with Crippen LogP contribution in [0.25, 0.3) is 0 Å². The van der Waals surface area contributed by atoms with Crippen LogP contribution in [0.15, 0.2) is 36.4 Å². The van der Waals surface area contributed by atoms with Gasteiger partial charge < -0.3 is 14.2 Å². The predicted octanol–water partition coefficient (Wildman–Crippen LogP) is 9.90. The molecule has 3 aromatic rings. The number of rotatable bonds is 13. The van der Waals surface area contributed by atoms with E-state index >= 15 is 4.39 Å². The molecule has 0 atom stereocenters. The average Bonchev–Trinajstić information content (AvgIpc) is 2.99. The predicted molar refractivity (Wildman–Crippen MR) is 148 cm³/mol. The second kappa shape index (κ2) is 14.7. The zero-order chi connectivity index (χ0) is 30.2. The van der Waals surface area contributed by atoms with Gasteiger partial charge in [0.1, 0.15) is 6.61 Å². The molecule has 0 unspecified atom stereocenters. The third-order valence-electron chi connectivity index (χ3n) is 7.83. The highest BCUT2D eigenvalue weighted by atomic mass is 19.2. The highest BCUT2D eigenvalue weighted by molar-refractivity contribution is 5.36. The lowest BCUT2D eigenvalue weighted by Gasteiger charge is -2.30. The molecule has 4 rings (SSSR count). The molecule has 9 heteroatoms. The van der Waals surface area contributed by atoms with Crippen LogP contribution in [0.2, 0.25) is 0 Å². The first-order chi connectivity index (χ1) is 20.3. The Labute approximate surface area is 242 Å². The Hall–Kier alpha value is -3.36. The quantitative estimate of drug-likeness (QED) is 0.146. The molecular formula is C33H36F6O3. The molecule has 1 aliphatic rings. The van der Waals surface area contributed by atoms with Gasteiger partial charge in [-0.3, -0.25) is 0 Å². The Kier molecular flexibility index (Phi) is 11.0. The number of hydrogen-bond donors (Lipinski definition) is 0. The van der Waals surface area contributed by atoms with E-state index in [1.165, 1.54) is 36.4 Å². The first-order valence-electron chi connectivity index (χ1n) is 14.6. The number of hydrogen-bond acceptors (Lipinski definition) is 3. The van der Waals surface area contributed by atoms with E-state index in [1.807, 2.05) is 0 Å². The molecule has 0 amide bonds. The fourth-order valence-electron chi connectivity index (χ4n) is 5.48. The van der Waals surface area contributed by atoms with Gasteiger partial charge in [-0.05, 0) is 80.2 Å². The Balaban J connectivity index is 1.36. The van der Waals surface area contributed by atoms with Crippen LogP contribution in [-0.4, -0.2) is 13.2 Å². The van der Waals surface area contributed by atoms with Crippen molar-refractivity contribution in [2.24, 2.45) is 0 Å². The van der Waals surface area contributed by atoms with Crippen molar-refractivity contribution in [2.45, 2.75) is 83.7 Å². The van der Waals surface area contributed by atoms with Gasteiger partial charge in [-0.15, -0.1) is 0 Å². The number of benzene rings is 3. The number of halogens is 6. The molecule has 0 heterocycles. The molecule has 3 aromatic carbocycles. The molecule has 228 valence electrons. The van der Waals surface area contributed by atoms with Crippen LogP contribution in [-0.2, 0) is 6.61 Å². The summed E-state index contributed by atoms with van der Waals surface area (Å²) in [5.41, 5.74) is 0.294. The summed E-state index contributed by atoms with van der Waals surface area (Å²) in [7, 11) is 0. The normalized spacial score (nSPS) is 16.9. The van der Waals surface area contributed by atoms with Crippen LogP contribution in [0.4, 0.5) is 26.3 Å². The van der Waals surface area contributed by atoms with Crippen molar-refractivity contribution in [2.75, 3.05) is 13.2 Å². The molecule has 0 aliphatic heterocycles. The van der Waals surface area contributed by atoms with E-state index in [0.29, 0.717) is 25.7 Å². The lowest BCUT2D eigenvalue weighted by Crippen LogP contribution is -2.16. The van der Waals surface area contributed by atoms with E-state index < -0.39 is 47.3 Å². The van der Waals surface area contributed by atoms with Crippen LogP contribution in [0, 0.1) is 34.9 Å². The van der Waals surface area contributed by atoms with Gasteiger partial charge >= 0.3 is 0 Å². The van der Waals surface area contributed by atoms with Crippen molar-refractivity contribution in [3.8, 4) is 17.2 Å². The summed E-state index contributed by atoms with van der Waals surface area (Å²) < 4.78 is 104. The van der Waals surface area contributed by atoms with Crippen LogP contribution >= 0.6 is 0 Å². The van der Waals surface area contributed by atoms with Gasteiger partial charge in [-0.1, -0.05) is 44.4 Å². The highest BCUT2D eigenvalue weighted by Crippen LogP contribution is 2.43. The molecular weight excluding hydrogens is 558 g/mol. The lowest BCUT2D eigenvalue weighted by molar-refractivity contribution is 0.262. The average molecular weight is 595 g/mol. The monoisotopic (exact) mass is 594 g/mol. The van der Waals surface area contributed by atoms with Crippen LogP contribution in [0.3, 0.4) is 0 Å². The van der Waals surface area contributed by atoms with Crippen LogP contribution < -0.4 is 14.2 Å². The first-order valence-corrected chi connectivity index (χ1v) is 14.6. The summed E-state index contributed by atoms with van der Waals surface area (Å²) in [5, 5.41) is 0.